The van der Waals surface area contributed by atoms with Gasteiger partial charge in [0.15, 0.2) is 0 Å². The lowest BCUT2D eigenvalue weighted by Crippen LogP contribution is -2.32. The van der Waals surface area contributed by atoms with E-state index >= 15 is 0 Å². The molecule has 0 bridgehead atoms. The monoisotopic (exact) mass is 344 g/mol. The molecular formula is C13H21BrN4S. The molecule has 1 saturated heterocycles. The van der Waals surface area contributed by atoms with E-state index in [-0.39, 0.29) is 6.04 Å². The molecule has 0 spiro atoms. The number of likely N-dealkylation sites (N-methyl/N-ethyl adjacent to an activating group) is 2. The van der Waals surface area contributed by atoms with E-state index in [0.29, 0.717) is 4.64 Å². The van der Waals surface area contributed by atoms with Gasteiger partial charge < -0.3 is 9.88 Å². The Morgan fingerprint density at radius 2 is 2.16 bits per heavy atom. The Kier molecular flexibility index (Phi) is 5.11. The van der Waals surface area contributed by atoms with Gasteiger partial charge in [0.1, 0.15) is 10.5 Å². The van der Waals surface area contributed by atoms with Gasteiger partial charge in [-0.1, -0.05) is 19.1 Å². The van der Waals surface area contributed by atoms with Gasteiger partial charge in [0.05, 0.1) is 10.5 Å². The maximum Gasteiger partial charge on any atom is 0.144 e. The standard InChI is InChI=1S/C13H21BrN4S/c1-4-9-11(14)13(19)16-12(15-9)10-8-17(2)6-5-7-18(10)3/h10H,4-8H2,1-3H3,(H,15,16,19). The number of aryl methyl sites for hydroxylation is 1. The van der Waals surface area contributed by atoms with Crippen molar-refractivity contribution in [2.75, 3.05) is 33.7 Å². The molecule has 1 atom stereocenters. The van der Waals surface area contributed by atoms with E-state index < -0.39 is 0 Å². The fraction of sp³-hybridized carbons (Fsp3) is 0.692. The first kappa shape index (κ1) is 15.1. The second-order valence-corrected chi connectivity index (χ2v) is 6.37. The first-order valence-corrected chi connectivity index (χ1v) is 7.90. The molecule has 4 nitrogen and oxygen atoms in total. The van der Waals surface area contributed by atoms with Crippen molar-refractivity contribution in [2.24, 2.45) is 0 Å². The zero-order chi connectivity index (χ0) is 14.0. The fourth-order valence-corrected chi connectivity index (χ4v) is 3.18. The molecule has 0 aromatic carbocycles. The van der Waals surface area contributed by atoms with E-state index in [1.54, 1.807) is 0 Å². The lowest BCUT2D eigenvalue weighted by atomic mass is 10.2. The van der Waals surface area contributed by atoms with Crippen LogP contribution in [0, 0.1) is 4.64 Å². The molecule has 0 saturated carbocycles. The molecule has 1 aliphatic rings. The number of hydrogen-bond acceptors (Lipinski definition) is 4. The SMILES string of the molecule is CCc1[nH]c(C2CN(C)CCCN2C)nc(=S)c1Br. The van der Waals surface area contributed by atoms with E-state index in [2.05, 4.69) is 56.7 Å². The highest BCUT2D eigenvalue weighted by atomic mass is 79.9. The van der Waals surface area contributed by atoms with Crippen molar-refractivity contribution in [2.45, 2.75) is 25.8 Å². The quantitative estimate of drug-likeness (QED) is 0.836. The summed E-state index contributed by atoms with van der Waals surface area (Å²) in [5.74, 6) is 0.987. The Balaban J connectivity index is 2.39. The molecule has 2 rings (SSSR count). The summed E-state index contributed by atoms with van der Waals surface area (Å²) in [5.41, 5.74) is 1.13. The van der Waals surface area contributed by atoms with Gasteiger partial charge in [-0.3, -0.25) is 4.90 Å². The van der Waals surface area contributed by atoms with Gasteiger partial charge >= 0.3 is 0 Å². The van der Waals surface area contributed by atoms with Gasteiger partial charge in [-0.05, 0) is 56.0 Å². The number of aromatic nitrogens is 2. The molecule has 1 N–H and O–H groups in total. The van der Waals surface area contributed by atoms with Gasteiger partial charge in [0, 0.05) is 12.2 Å². The third-order valence-corrected chi connectivity index (χ3v) is 5.10. The van der Waals surface area contributed by atoms with Crippen molar-refractivity contribution in [3.8, 4) is 0 Å². The van der Waals surface area contributed by atoms with Crippen LogP contribution in [0.1, 0.15) is 30.9 Å². The summed E-state index contributed by atoms with van der Waals surface area (Å²) in [5, 5.41) is 0. The van der Waals surface area contributed by atoms with Crippen LogP contribution in [0.5, 0.6) is 0 Å². The first-order valence-electron chi connectivity index (χ1n) is 6.70. The topological polar surface area (TPSA) is 35.2 Å². The molecule has 1 aromatic heterocycles. The lowest BCUT2D eigenvalue weighted by molar-refractivity contribution is 0.219. The second-order valence-electron chi connectivity index (χ2n) is 5.19. The predicted molar refractivity (Wildman–Crippen MR) is 84.0 cm³/mol. The van der Waals surface area contributed by atoms with Crippen molar-refractivity contribution < 1.29 is 0 Å². The Morgan fingerprint density at radius 3 is 2.84 bits per heavy atom. The number of halogens is 1. The largest absolute Gasteiger partial charge is 0.345 e. The summed E-state index contributed by atoms with van der Waals surface area (Å²) >= 11 is 8.87. The van der Waals surface area contributed by atoms with E-state index in [1.165, 1.54) is 6.42 Å². The minimum absolute atomic E-state index is 0.285. The molecule has 1 aromatic rings. The second kappa shape index (κ2) is 6.43. The highest BCUT2D eigenvalue weighted by Crippen LogP contribution is 2.23. The van der Waals surface area contributed by atoms with Gasteiger partial charge in [-0.25, -0.2) is 4.98 Å². The number of hydrogen-bond donors (Lipinski definition) is 1. The van der Waals surface area contributed by atoms with Crippen LogP contribution < -0.4 is 0 Å². The predicted octanol–water partition coefficient (Wildman–Crippen LogP) is 2.77. The fourth-order valence-electron chi connectivity index (χ4n) is 2.49. The molecule has 2 heterocycles. The van der Waals surface area contributed by atoms with Crippen LogP contribution in [-0.4, -0.2) is 53.5 Å². The van der Waals surface area contributed by atoms with Gasteiger partial charge in [0.2, 0.25) is 0 Å². The number of aromatic amines is 1. The van der Waals surface area contributed by atoms with Crippen LogP contribution in [0.15, 0.2) is 4.47 Å². The third-order valence-electron chi connectivity index (χ3n) is 3.69. The first-order chi connectivity index (χ1) is 9.02. The molecule has 1 unspecified atom stereocenters. The van der Waals surface area contributed by atoms with Crippen LogP contribution >= 0.6 is 28.1 Å². The van der Waals surface area contributed by atoms with E-state index in [9.17, 15) is 0 Å². The number of nitrogens with one attached hydrogen (secondary N) is 1. The summed E-state index contributed by atoms with van der Waals surface area (Å²) in [7, 11) is 4.33. The van der Waals surface area contributed by atoms with E-state index in [0.717, 1.165) is 42.0 Å². The van der Waals surface area contributed by atoms with Crippen molar-refractivity contribution in [3.05, 3.63) is 20.6 Å². The van der Waals surface area contributed by atoms with E-state index in [1.807, 2.05) is 0 Å². The average molecular weight is 345 g/mol. The number of rotatable bonds is 2. The van der Waals surface area contributed by atoms with Crippen LogP contribution in [0.2, 0.25) is 0 Å². The van der Waals surface area contributed by atoms with E-state index in [4.69, 9.17) is 12.2 Å². The average Bonchev–Trinajstić information content (AvgIpc) is 2.54. The summed E-state index contributed by atoms with van der Waals surface area (Å²) in [4.78, 5) is 12.8. The molecule has 106 valence electrons. The van der Waals surface area contributed by atoms with Crippen LogP contribution in [0.4, 0.5) is 0 Å². The Morgan fingerprint density at radius 1 is 1.42 bits per heavy atom. The van der Waals surface area contributed by atoms with Crippen molar-refractivity contribution in [1.29, 1.82) is 0 Å². The molecule has 0 aliphatic carbocycles. The normalized spacial score (nSPS) is 22.4. The van der Waals surface area contributed by atoms with Gasteiger partial charge in [-0.15, -0.1) is 0 Å². The minimum Gasteiger partial charge on any atom is -0.345 e. The molecular weight excluding hydrogens is 324 g/mol. The molecule has 1 aliphatic heterocycles. The molecule has 0 radical (unpaired) electrons. The Labute approximate surface area is 128 Å². The van der Waals surface area contributed by atoms with Crippen molar-refractivity contribution in [1.82, 2.24) is 19.8 Å². The van der Waals surface area contributed by atoms with Crippen molar-refractivity contribution in [3.63, 3.8) is 0 Å². The Hall–Kier alpha value is -0.300. The van der Waals surface area contributed by atoms with Gasteiger partial charge in [0.25, 0.3) is 0 Å². The summed E-state index contributed by atoms with van der Waals surface area (Å²) < 4.78 is 1.59. The summed E-state index contributed by atoms with van der Waals surface area (Å²) in [6.07, 6.45) is 2.12. The van der Waals surface area contributed by atoms with Crippen LogP contribution in [0.3, 0.4) is 0 Å². The maximum absolute atomic E-state index is 5.36. The molecule has 0 amide bonds. The third kappa shape index (κ3) is 3.42. The zero-order valence-corrected chi connectivity index (χ0v) is 14.1. The Bertz CT molecular complexity index is 502. The minimum atomic E-state index is 0.285. The maximum atomic E-state index is 5.36. The highest BCUT2D eigenvalue weighted by Gasteiger charge is 2.24. The van der Waals surface area contributed by atoms with Crippen LogP contribution in [0.25, 0.3) is 0 Å². The van der Waals surface area contributed by atoms with Crippen LogP contribution in [-0.2, 0) is 6.42 Å². The molecule has 19 heavy (non-hydrogen) atoms. The summed E-state index contributed by atoms with van der Waals surface area (Å²) in [6, 6.07) is 0.285. The number of H-pyrrole nitrogens is 1. The number of nitrogens with zero attached hydrogens (tertiary/aromatic N) is 3. The summed E-state index contributed by atoms with van der Waals surface area (Å²) in [6.45, 7) is 5.34. The molecule has 1 fully saturated rings. The zero-order valence-electron chi connectivity index (χ0n) is 11.7. The lowest BCUT2D eigenvalue weighted by Gasteiger charge is -2.27. The van der Waals surface area contributed by atoms with Gasteiger partial charge in [-0.2, -0.15) is 0 Å². The van der Waals surface area contributed by atoms with Crippen molar-refractivity contribution >= 4 is 28.1 Å². The highest BCUT2D eigenvalue weighted by molar-refractivity contribution is 9.10. The smallest absolute Gasteiger partial charge is 0.144 e. The molecule has 6 heteroatoms.